The summed E-state index contributed by atoms with van der Waals surface area (Å²) in [4.78, 5) is 0. The van der Waals surface area contributed by atoms with Crippen LogP contribution < -0.4 is 10.6 Å². The van der Waals surface area contributed by atoms with E-state index in [4.69, 9.17) is 23.2 Å². The second kappa shape index (κ2) is 6.67. The Labute approximate surface area is 112 Å². The summed E-state index contributed by atoms with van der Waals surface area (Å²) in [5.41, 5.74) is 1.18. The predicted octanol–water partition coefficient (Wildman–Crippen LogP) is 2.87. The lowest BCUT2D eigenvalue weighted by atomic mass is 10.2. The summed E-state index contributed by atoms with van der Waals surface area (Å²) in [5, 5.41) is 8.04. The summed E-state index contributed by atoms with van der Waals surface area (Å²) in [6.07, 6.45) is 1.20. The molecule has 2 N–H and O–H groups in total. The number of hydrogen-bond donors (Lipinski definition) is 2. The van der Waals surface area contributed by atoms with Gasteiger partial charge in [-0.2, -0.15) is 0 Å². The summed E-state index contributed by atoms with van der Waals surface area (Å²) in [5.74, 6) is 0. The molecule has 1 heterocycles. The Kier molecular flexibility index (Phi) is 5.87. The Morgan fingerprint density at radius 3 is 2.75 bits per heavy atom. The average molecular weight is 282 g/mol. The van der Waals surface area contributed by atoms with Crippen molar-refractivity contribution in [3.8, 4) is 0 Å². The van der Waals surface area contributed by atoms with Crippen LogP contribution in [0.1, 0.15) is 12.0 Å². The first-order valence-corrected chi connectivity index (χ1v) is 5.89. The molecule has 0 radical (unpaired) electrons. The van der Waals surface area contributed by atoms with Gasteiger partial charge < -0.3 is 10.6 Å². The molecule has 0 aliphatic carbocycles. The van der Waals surface area contributed by atoms with Gasteiger partial charge in [0.15, 0.2) is 0 Å². The standard InChI is InChI=1S/C11H14Cl2N2.ClH/c12-10-2-1-8(5-11(10)13)6-15-9-3-4-14-7-9;/h1-2,5,9,14-15H,3-4,6-7H2;1H. The van der Waals surface area contributed by atoms with Crippen LogP contribution in [0, 0.1) is 0 Å². The van der Waals surface area contributed by atoms with Crippen molar-refractivity contribution in [3.63, 3.8) is 0 Å². The fourth-order valence-electron chi connectivity index (χ4n) is 1.74. The highest BCUT2D eigenvalue weighted by atomic mass is 35.5. The molecule has 16 heavy (non-hydrogen) atoms. The molecule has 1 aliphatic heterocycles. The molecule has 5 heteroatoms. The molecule has 0 amide bonds. The number of benzene rings is 1. The lowest BCUT2D eigenvalue weighted by Crippen LogP contribution is -2.30. The Bertz CT molecular complexity index is 338. The van der Waals surface area contributed by atoms with Crippen LogP contribution in [0.2, 0.25) is 10.0 Å². The van der Waals surface area contributed by atoms with Crippen molar-refractivity contribution in [3.05, 3.63) is 33.8 Å². The third kappa shape index (κ3) is 3.79. The molecule has 0 bridgehead atoms. The van der Waals surface area contributed by atoms with E-state index >= 15 is 0 Å². The highest BCUT2D eigenvalue weighted by Gasteiger charge is 2.13. The van der Waals surface area contributed by atoms with Gasteiger partial charge in [-0.05, 0) is 30.7 Å². The highest BCUT2D eigenvalue weighted by Crippen LogP contribution is 2.22. The number of hydrogen-bond acceptors (Lipinski definition) is 2. The maximum Gasteiger partial charge on any atom is 0.0595 e. The maximum absolute atomic E-state index is 5.94. The molecule has 2 nitrogen and oxygen atoms in total. The minimum atomic E-state index is 0. The van der Waals surface area contributed by atoms with Gasteiger partial charge in [-0.25, -0.2) is 0 Å². The fraction of sp³-hybridized carbons (Fsp3) is 0.455. The second-order valence-corrected chi connectivity index (χ2v) is 4.63. The monoisotopic (exact) mass is 280 g/mol. The van der Waals surface area contributed by atoms with Crippen LogP contribution in [-0.4, -0.2) is 19.1 Å². The topological polar surface area (TPSA) is 24.1 Å². The van der Waals surface area contributed by atoms with Crippen LogP contribution in [0.5, 0.6) is 0 Å². The summed E-state index contributed by atoms with van der Waals surface area (Å²) < 4.78 is 0. The summed E-state index contributed by atoms with van der Waals surface area (Å²) >= 11 is 11.8. The molecule has 0 aromatic heterocycles. The van der Waals surface area contributed by atoms with Gasteiger partial charge in [0.25, 0.3) is 0 Å². The van der Waals surface area contributed by atoms with Gasteiger partial charge in [-0.3, -0.25) is 0 Å². The van der Waals surface area contributed by atoms with E-state index in [-0.39, 0.29) is 12.4 Å². The minimum Gasteiger partial charge on any atom is -0.315 e. The Morgan fingerprint density at radius 1 is 1.31 bits per heavy atom. The van der Waals surface area contributed by atoms with Crippen LogP contribution in [0.4, 0.5) is 0 Å². The minimum absolute atomic E-state index is 0. The number of rotatable bonds is 3. The Hall–Kier alpha value is 0.01000. The molecule has 2 rings (SSSR count). The van der Waals surface area contributed by atoms with E-state index in [0.29, 0.717) is 16.1 Å². The van der Waals surface area contributed by atoms with Gasteiger partial charge in [0.1, 0.15) is 0 Å². The molecular weight excluding hydrogens is 266 g/mol. The molecule has 90 valence electrons. The van der Waals surface area contributed by atoms with Crippen molar-refractivity contribution in [2.75, 3.05) is 13.1 Å². The normalized spacial score (nSPS) is 19.5. The summed E-state index contributed by atoms with van der Waals surface area (Å²) in [6.45, 7) is 3.02. The molecule has 0 spiro atoms. The van der Waals surface area contributed by atoms with Crippen molar-refractivity contribution in [2.24, 2.45) is 0 Å². The quantitative estimate of drug-likeness (QED) is 0.890. The van der Waals surface area contributed by atoms with Crippen LogP contribution >= 0.6 is 35.6 Å². The zero-order valence-corrected chi connectivity index (χ0v) is 11.1. The smallest absolute Gasteiger partial charge is 0.0595 e. The lowest BCUT2D eigenvalue weighted by Gasteiger charge is -2.11. The first-order valence-electron chi connectivity index (χ1n) is 5.14. The zero-order chi connectivity index (χ0) is 10.7. The van der Waals surface area contributed by atoms with Gasteiger partial charge in [-0.1, -0.05) is 29.3 Å². The van der Waals surface area contributed by atoms with E-state index in [9.17, 15) is 0 Å². The molecule has 1 aromatic rings. The molecule has 1 aliphatic rings. The first-order chi connectivity index (χ1) is 7.25. The van der Waals surface area contributed by atoms with Gasteiger partial charge in [0, 0.05) is 19.1 Å². The van der Waals surface area contributed by atoms with Crippen LogP contribution in [0.3, 0.4) is 0 Å². The van der Waals surface area contributed by atoms with Crippen molar-refractivity contribution < 1.29 is 0 Å². The van der Waals surface area contributed by atoms with Crippen molar-refractivity contribution in [2.45, 2.75) is 19.0 Å². The van der Waals surface area contributed by atoms with E-state index in [1.807, 2.05) is 18.2 Å². The average Bonchev–Trinajstić information content (AvgIpc) is 2.73. The van der Waals surface area contributed by atoms with Crippen LogP contribution in [0.25, 0.3) is 0 Å². The number of nitrogens with one attached hydrogen (secondary N) is 2. The summed E-state index contributed by atoms with van der Waals surface area (Å²) in [7, 11) is 0. The fourth-order valence-corrected chi connectivity index (χ4v) is 2.06. The van der Waals surface area contributed by atoms with E-state index in [1.54, 1.807) is 0 Å². The van der Waals surface area contributed by atoms with Gasteiger partial charge in [0.05, 0.1) is 10.0 Å². The van der Waals surface area contributed by atoms with E-state index in [0.717, 1.165) is 19.6 Å². The van der Waals surface area contributed by atoms with Crippen LogP contribution in [0.15, 0.2) is 18.2 Å². The van der Waals surface area contributed by atoms with E-state index in [2.05, 4.69) is 10.6 Å². The molecular formula is C11H15Cl3N2. The SMILES string of the molecule is Cl.Clc1ccc(CNC2CCNC2)cc1Cl. The Morgan fingerprint density at radius 2 is 2.12 bits per heavy atom. The third-order valence-corrected chi connectivity index (χ3v) is 3.38. The predicted molar refractivity (Wildman–Crippen MR) is 71.8 cm³/mol. The molecule has 1 unspecified atom stereocenters. The molecule has 1 saturated heterocycles. The van der Waals surface area contributed by atoms with E-state index in [1.165, 1.54) is 12.0 Å². The van der Waals surface area contributed by atoms with Gasteiger partial charge in [-0.15, -0.1) is 12.4 Å². The Balaban J connectivity index is 0.00000128. The largest absolute Gasteiger partial charge is 0.315 e. The zero-order valence-electron chi connectivity index (χ0n) is 8.80. The molecule has 0 saturated carbocycles. The highest BCUT2D eigenvalue weighted by molar-refractivity contribution is 6.42. The van der Waals surface area contributed by atoms with Crippen molar-refractivity contribution >= 4 is 35.6 Å². The first kappa shape index (κ1) is 14.1. The maximum atomic E-state index is 5.94. The number of halogens is 3. The van der Waals surface area contributed by atoms with Crippen molar-refractivity contribution in [1.82, 2.24) is 10.6 Å². The lowest BCUT2D eigenvalue weighted by molar-refractivity contribution is 0.547. The van der Waals surface area contributed by atoms with Crippen LogP contribution in [-0.2, 0) is 6.54 Å². The van der Waals surface area contributed by atoms with Gasteiger partial charge >= 0.3 is 0 Å². The third-order valence-electron chi connectivity index (χ3n) is 2.64. The molecule has 1 aromatic carbocycles. The van der Waals surface area contributed by atoms with E-state index < -0.39 is 0 Å². The van der Waals surface area contributed by atoms with Gasteiger partial charge in [0.2, 0.25) is 0 Å². The van der Waals surface area contributed by atoms with Crippen molar-refractivity contribution in [1.29, 1.82) is 0 Å². The molecule has 1 atom stereocenters. The molecule has 1 fully saturated rings. The summed E-state index contributed by atoms with van der Waals surface area (Å²) in [6, 6.07) is 6.34. The second-order valence-electron chi connectivity index (χ2n) is 3.82.